The summed E-state index contributed by atoms with van der Waals surface area (Å²) in [6, 6.07) is 3.53. The largest absolute Gasteiger partial charge is 0.477 e. The Kier molecular flexibility index (Phi) is 3.62. The van der Waals surface area contributed by atoms with Crippen LogP contribution in [0.4, 0.5) is 0 Å². The molecule has 0 aromatic carbocycles. The molecule has 0 aliphatic carbocycles. The highest BCUT2D eigenvalue weighted by atomic mass is 32.2. The van der Waals surface area contributed by atoms with Gasteiger partial charge in [0.05, 0.1) is 18.3 Å². The summed E-state index contributed by atoms with van der Waals surface area (Å²) in [5.41, 5.74) is 0.748. The lowest BCUT2D eigenvalue weighted by Gasteiger charge is -2.43. The minimum Gasteiger partial charge on any atom is -0.477 e. The van der Waals surface area contributed by atoms with Crippen molar-refractivity contribution in [3.05, 3.63) is 40.8 Å². The molecule has 0 radical (unpaired) electrons. The van der Waals surface area contributed by atoms with Gasteiger partial charge in [0.2, 0.25) is 5.91 Å². The molecule has 0 saturated carbocycles. The normalized spacial score (nSPS) is 26.0. The van der Waals surface area contributed by atoms with Crippen LogP contribution in [0, 0.1) is 5.92 Å². The Labute approximate surface area is 131 Å². The number of carbonyl (C=O) groups is 2. The fraction of sp³-hybridized carbons (Fsp3) is 0.333. The molecule has 2 aliphatic rings. The first-order valence-corrected chi connectivity index (χ1v) is 7.67. The first kappa shape index (κ1) is 14.9. The monoisotopic (exact) mass is 321 g/mol. The molecule has 3 heterocycles. The molecule has 1 aromatic rings. The van der Waals surface area contributed by atoms with Crippen LogP contribution in [0.3, 0.4) is 0 Å². The van der Waals surface area contributed by atoms with Gasteiger partial charge in [-0.05, 0) is 37.6 Å². The fourth-order valence-corrected chi connectivity index (χ4v) is 4.29. The summed E-state index contributed by atoms with van der Waals surface area (Å²) in [4.78, 5) is 25.3. The number of β-lactam (4-membered cyclic amide) rings is 1. The third-order valence-electron chi connectivity index (χ3n) is 3.79. The van der Waals surface area contributed by atoms with Crippen molar-refractivity contribution in [3.63, 3.8) is 0 Å². The Hall–Kier alpha value is -1.99. The van der Waals surface area contributed by atoms with E-state index in [1.54, 1.807) is 31.4 Å². The molecular formula is C15H15NO5S. The first-order valence-electron chi connectivity index (χ1n) is 6.79. The number of amides is 1. The molecule has 0 spiro atoms. The molecule has 1 aromatic heterocycles. The number of hydrogen-bond acceptors (Lipinski definition) is 5. The van der Waals surface area contributed by atoms with Crippen LogP contribution >= 0.6 is 11.8 Å². The summed E-state index contributed by atoms with van der Waals surface area (Å²) in [5.74, 6) is -1.41. The highest BCUT2D eigenvalue weighted by Gasteiger charge is 2.57. The zero-order valence-corrected chi connectivity index (χ0v) is 12.8. The van der Waals surface area contributed by atoms with E-state index in [2.05, 4.69) is 0 Å². The van der Waals surface area contributed by atoms with Gasteiger partial charge in [-0.15, -0.1) is 0 Å². The first-order chi connectivity index (χ1) is 10.4. The van der Waals surface area contributed by atoms with Gasteiger partial charge in [-0.3, -0.25) is 9.69 Å². The Morgan fingerprint density at radius 1 is 1.55 bits per heavy atom. The minimum absolute atomic E-state index is 0.0252. The zero-order chi connectivity index (χ0) is 16.0. The number of furan rings is 1. The van der Waals surface area contributed by atoms with E-state index in [-0.39, 0.29) is 17.0 Å². The third kappa shape index (κ3) is 2.17. The quantitative estimate of drug-likeness (QED) is 0.823. The molecule has 3 atom stereocenters. The van der Waals surface area contributed by atoms with Crippen molar-refractivity contribution in [1.29, 1.82) is 0 Å². The molecule has 7 heteroatoms. The van der Waals surface area contributed by atoms with Crippen LogP contribution in [0.25, 0.3) is 5.57 Å². The van der Waals surface area contributed by atoms with Gasteiger partial charge in [-0.2, -0.15) is 0 Å². The highest BCUT2D eigenvalue weighted by Crippen LogP contribution is 2.51. The molecule has 116 valence electrons. The maximum Gasteiger partial charge on any atom is 0.353 e. The molecule has 0 bridgehead atoms. The molecule has 2 aliphatic heterocycles. The van der Waals surface area contributed by atoms with E-state index in [1.165, 1.54) is 16.7 Å². The number of thioether (sulfide) groups is 1. The van der Waals surface area contributed by atoms with E-state index < -0.39 is 18.0 Å². The summed E-state index contributed by atoms with van der Waals surface area (Å²) in [7, 11) is 0. The molecule has 22 heavy (non-hydrogen) atoms. The molecule has 1 fully saturated rings. The Morgan fingerprint density at radius 3 is 2.82 bits per heavy atom. The lowest BCUT2D eigenvalue weighted by atomic mass is 9.92. The van der Waals surface area contributed by atoms with Crippen LogP contribution in [0.5, 0.6) is 0 Å². The van der Waals surface area contributed by atoms with E-state index in [4.69, 9.17) is 4.42 Å². The van der Waals surface area contributed by atoms with E-state index in [1.807, 2.05) is 6.92 Å². The van der Waals surface area contributed by atoms with E-state index >= 15 is 0 Å². The molecular weight excluding hydrogens is 306 g/mol. The Bertz CT molecular complexity index is 689. The summed E-state index contributed by atoms with van der Waals surface area (Å²) in [6.45, 7) is 3.36. The van der Waals surface area contributed by atoms with Crippen molar-refractivity contribution in [2.45, 2.75) is 25.3 Å². The van der Waals surface area contributed by atoms with Crippen molar-refractivity contribution in [3.8, 4) is 0 Å². The lowest BCUT2D eigenvalue weighted by molar-refractivity contribution is -0.156. The number of hydrogen-bond donors (Lipinski definition) is 2. The van der Waals surface area contributed by atoms with Crippen LogP contribution in [-0.4, -0.2) is 38.5 Å². The van der Waals surface area contributed by atoms with E-state index in [0.717, 1.165) is 5.57 Å². The fourth-order valence-electron chi connectivity index (χ4n) is 2.68. The van der Waals surface area contributed by atoms with Crippen LogP contribution in [0.2, 0.25) is 0 Å². The number of nitrogens with zero attached hydrogens (tertiary/aromatic N) is 1. The van der Waals surface area contributed by atoms with Gasteiger partial charge in [0.15, 0.2) is 0 Å². The smallest absolute Gasteiger partial charge is 0.353 e. The van der Waals surface area contributed by atoms with Gasteiger partial charge in [-0.25, -0.2) is 4.79 Å². The van der Waals surface area contributed by atoms with Crippen molar-refractivity contribution in [2.75, 3.05) is 0 Å². The molecule has 3 rings (SSSR count). The van der Waals surface area contributed by atoms with Gasteiger partial charge in [0.25, 0.3) is 0 Å². The zero-order valence-electron chi connectivity index (χ0n) is 12.0. The van der Waals surface area contributed by atoms with Crippen LogP contribution in [0.1, 0.15) is 19.6 Å². The van der Waals surface area contributed by atoms with Gasteiger partial charge < -0.3 is 14.6 Å². The minimum atomic E-state index is -1.15. The third-order valence-corrected chi connectivity index (χ3v) is 5.10. The molecule has 6 nitrogen and oxygen atoms in total. The second-order valence-corrected chi connectivity index (χ2v) is 6.46. The molecule has 1 saturated heterocycles. The van der Waals surface area contributed by atoms with Crippen molar-refractivity contribution >= 4 is 29.2 Å². The predicted octanol–water partition coefficient (Wildman–Crippen LogP) is 1.89. The van der Waals surface area contributed by atoms with Crippen LogP contribution in [0.15, 0.2) is 39.5 Å². The van der Waals surface area contributed by atoms with Gasteiger partial charge in [0, 0.05) is 4.91 Å². The van der Waals surface area contributed by atoms with Crippen LogP contribution < -0.4 is 0 Å². The summed E-state index contributed by atoms with van der Waals surface area (Å²) in [5, 5.41) is 18.7. The van der Waals surface area contributed by atoms with Gasteiger partial charge in [0.1, 0.15) is 16.8 Å². The standard InChI is InChI=1S/C15H15NO5S/c1-7(9-4-3-5-21-9)6-10-12(15(19)20)16-13(18)11(8(2)17)14(16)22-10/h3-6,8,11,14,17H,1-2H3,(H,19,20)/t8-,11+,14-/m1/s1. The summed E-state index contributed by atoms with van der Waals surface area (Å²) >= 11 is 1.29. The molecule has 1 amide bonds. The highest BCUT2D eigenvalue weighted by molar-refractivity contribution is 8.04. The number of fused-ring (bicyclic) bond motifs is 1. The molecule has 0 unspecified atom stereocenters. The van der Waals surface area contributed by atoms with Crippen LogP contribution in [-0.2, 0) is 9.59 Å². The van der Waals surface area contributed by atoms with Crippen molar-refractivity contribution < 1.29 is 24.2 Å². The number of carboxylic acid groups (broad SMARTS) is 1. The second-order valence-electron chi connectivity index (χ2n) is 5.31. The number of aliphatic hydroxyl groups excluding tert-OH is 1. The molecule has 2 N–H and O–H groups in total. The Balaban J connectivity index is 1.96. The lowest BCUT2D eigenvalue weighted by Crippen LogP contribution is -2.60. The van der Waals surface area contributed by atoms with Crippen molar-refractivity contribution in [2.24, 2.45) is 5.92 Å². The average Bonchev–Trinajstić information content (AvgIpc) is 3.04. The maximum atomic E-state index is 12.1. The number of aliphatic carboxylic acids is 1. The number of carbonyl (C=O) groups excluding carboxylic acids is 1. The second kappa shape index (κ2) is 5.33. The van der Waals surface area contributed by atoms with Gasteiger partial charge >= 0.3 is 5.97 Å². The predicted molar refractivity (Wildman–Crippen MR) is 80.4 cm³/mol. The van der Waals surface area contributed by atoms with Gasteiger partial charge in [-0.1, -0.05) is 11.8 Å². The Morgan fingerprint density at radius 2 is 2.27 bits per heavy atom. The van der Waals surface area contributed by atoms with Crippen molar-refractivity contribution in [1.82, 2.24) is 4.90 Å². The summed E-state index contributed by atoms with van der Waals surface area (Å²) in [6.07, 6.45) is 2.45. The maximum absolute atomic E-state index is 12.1. The number of aliphatic hydroxyl groups is 1. The van der Waals surface area contributed by atoms with E-state index in [9.17, 15) is 19.8 Å². The number of allylic oxidation sites excluding steroid dienone is 2. The topological polar surface area (TPSA) is 91.0 Å². The number of rotatable bonds is 4. The SMILES string of the molecule is CC(=CC1=C(C(=O)O)N2C(=O)[C@H]([C@@H](C)O)[C@H]2S1)c1ccco1. The summed E-state index contributed by atoms with van der Waals surface area (Å²) < 4.78 is 5.28. The van der Waals surface area contributed by atoms with E-state index in [0.29, 0.717) is 10.7 Å². The average molecular weight is 321 g/mol. The number of carboxylic acids is 1.